The van der Waals surface area contributed by atoms with Crippen LogP contribution in [0, 0.1) is 5.41 Å². The van der Waals surface area contributed by atoms with Gasteiger partial charge in [-0.3, -0.25) is 4.79 Å². The van der Waals surface area contributed by atoms with Gasteiger partial charge in [-0.25, -0.2) is 4.79 Å². The molecular formula is C12H13ClN2O3. The van der Waals surface area contributed by atoms with E-state index in [2.05, 4.69) is 10.6 Å². The Hall–Kier alpha value is -1.75. The number of halogens is 1. The number of carbonyl (C=O) groups is 2. The third-order valence-electron chi connectivity index (χ3n) is 2.98. The van der Waals surface area contributed by atoms with Crippen LogP contribution in [0.15, 0.2) is 24.3 Å². The summed E-state index contributed by atoms with van der Waals surface area (Å²) < 4.78 is 0. The Morgan fingerprint density at radius 3 is 2.67 bits per heavy atom. The van der Waals surface area contributed by atoms with E-state index < -0.39 is 17.4 Å². The van der Waals surface area contributed by atoms with Crippen molar-refractivity contribution in [1.82, 2.24) is 5.32 Å². The Morgan fingerprint density at radius 2 is 2.11 bits per heavy atom. The Bertz CT molecular complexity index is 486. The van der Waals surface area contributed by atoms with E-state index in [4.69, 9.17) is 16.7 Å². The molecule has 6 heteroatoms. The maximum Gasteiger partial charge on any atom is 0.319 e. The fourth-order valence-electron chi connectivity index (χ4n) is 1.61. The Morgan fingerprint density at radius 1 is 1.39 bits per heavy atom. The number of nitrogens with one attached hydrogen (secondary N) is 2. The lowest BCUT2D eigenvalue weighted by Crippen LogP contribution is -2.36. The summed E-state index contributed by atoms with van der Waals surface area (Å²) in [6.07, 6.45) is 1.22. The topological polar surface area (TPSA) is 78.4 Å². The van der Waals surface area contributed by atoms with Crippen LogP contribution < -0.4 is 10.6 Å². The number of anilines is 1. The average molecular weight is 269 g/mol. The standard InChI is InChI=1S/C12H13ClN2O3/c13-8-2-1-3-9(6-8)15-11(18)14-7-12(4-5-12)10(16)17/h1-3,6H,4-5,7H2,(H,16,17)(H2,14,15,18). The third kappa shape index (κ3) is 2.92. The van der Waals surface area contributed by atoms with E-state index in [0.29, 0.717) is 23.6 Å². The molecule has 2 amide bonds. The number of hydrogen-bond acceptors (Lipinski definition) is 2. The quantitative estimate of drug-likeness (QED) is 0.784. The molecular weight excluding hydrogens is 256 g/mol. The zero-order valence-electron chi connectivity index (χ0n) is 9.57. The van der Waals surface area contributed by atoms with Gasteiger partial charge in [0.15, 0.2) is 0 Å². The molecule has 0 aliphatic heterocycles. The molecule has 5 nitrogen and oxygen atoms in total. The number of urea groups is 1. The molecule has 0 saturated heterocycles. The number of hydrogen-bond donors (Lipinski definition) is 3. The van der Waals surface area contributed by atoms with Gasteiger partial charge in [0.1, 0.15) is 0 Å². The molecule has 0 heterocycles. The maximum atomic E-state index is 11.6. The first-order chi connectivity index (χ1) is 8.52. The van der Waals surface area contributed by atoms with Crippen LogP contribution in [0.3, 0.4) is 0 Å². The second kappa shape index (κ2) is 4.86. The van der Waals surface area contributed by atoms with Gasteiger partial charge in [-0.1, -0.05) is 17.7 Å². The van der Waals surface area contributed by atoms with E-state index >= 15 is 0 Å². The highest BCUT2D eigenvalue weighted by molar-refractivity contribution is 6.30. The van der Waals surface area contributed by atoms with E-state index in [9.17, 15) is 9.59 Å². The predicted molar refractivity (Wildman–Crippen MR) is 67.8 cm³/mol. The van der Waals surface area contributed by atoms with Crippen LogP contribution in [0.4, 0.5) is 10.5 Å². The van der Waals surface area contributed by atoms with E-state index in [1.807, 2.05) is 0 Å². The molecule has 3 N–H and O–H groups in total. The van der Waals surface area contributed by atoms with Gasteiger partial charge in [0.05, 0.1) is 5.41 Å². The monoisotopic (exact) mass is 268 g/mol. The lowest BCUT2D eigenvalue weighted by molar-refractivity contribution is -0.143. The van der Waals surface area contributed by atoms with Crippen LogP contribution in [-0.2, 0) is 4.79 Å². The summed E-state index contributed by atoms with van der Waals surface area (Å²) in [4.78, 5) is 22.5. The maximum absolute atomic E-state index is 11.6. The minimum Gasteiger partial charge on any atom is -0.481 e. The molecule has 0 unspecified atom stereocenters. The number of aliphatic carboxylic acids is 1. The first kappa shape index (κ1) is 12.7. The number of carbonyl (C=O) groups excluding carboxylic acids is 1. The van der Waals surface area contributed by atoms with E-state index in [0.717, 1.165) is 0 Å². The van der Waals surface area contributed by atoms with Crippen molar-refractivity contribution in [3.05, 3.63) is 29.3 Å². The normalized spacial score (nSPS) is 15.8. The lowest BCUT2D eigenvalue weighted by Gasteiger charge is -2.12. The third-order valence-corrected chi connectivity index (χ3v) is 3.21. The molecule has 0 spiro atoms. The van der Waals surface area contributed by atoms with Crippen LogP contribution in [0.2, 0.25) is 5.02 Å². The fraction of sp³-hybridized carbons (Fsp3) is 0.333. The number of rotatable bonds is 4. The zero-order valence-corrected chi connectivity index (χ0v) is 10.3. The van der Waals surface area contributed by atoms with Crippen LogP contribution in [-0.4, -0.2) is 23.7 Å². The first-order valence-corrected chi connectivity index (χ1v) is 5.93. The highest BCUT2D eigenvalue weighted by atomic mass is 35.5. The Labute approximate surface area is 109 Å². The van der Waals surface area contributed by atoms with Gasteiger partial charge < -0.3 is 15.7 Å². The molecule has 1 aromatic rings. The number of amides is 2. The minimum absolute atomic E-state index is 0.148. The Kier molecular flexibility index (Phi) is 3.43. The summed E-state index contributed by atoms with van der Waals surface area (Å²) in [5.74, 6) is -0.856. The molecule has 2 rings (SSSR count). The number of carboxylic acids is 1. The van der Waals surface area contributed by atoms with Crippen LogP contribution >= 0.6 is 11.6 Å². The van der Waals surface area contributed by atoms with Crippen molar-refractivity contribution < 1.29 is 14.7 Å². The van der Waals surface area contributed by atoms with Crippen LogP contribution in [0.25, 0.3) is 0 Å². The average Bonchev–Trinajstić information content (AvgIpc) is 3.07. The van der Waals surface area contributed by atoms with E-state index in [1.54, 1.807) is 24.3 Å². The summed E-state index contributed by atoms with van der Waals surface area (Å²) in [5, 5.41) is 14.6. The predicted octanol–water partition coefficient (Wildman–Crippen LogP) is 2.33. The molecule has 1 aliphatic rings. The summed E-state index contributed by atoms with van der Waals surface area (Å²) >= 11 is 5.78. The molecule has 1 fully saturated rings. The van der Waals surface area contributed by atoms with Crippen molar-refractivity contribution in [2.45, 2.75) is 12.8 Å². The van der Waals surface area contributed by atoms with Crippen molar-refractivity contribution in [1.29, 1.82) is 0 Å². The lowest BCUT2D eigenvalue weighted by atomic mass is 10.1. The largest absolute Gasteiger partial charge is 0.481 e. The molecule has 1 saturated carbocycles. The second-order valence-corrected chi connectivity index (χ2v) is 4.84. The molecule has 0 bridgehead atoms. The van der Waals surface area contributed by atoms with Gasteiger partial charge >= 0.3 is 12.0 Å². The fourth-order valence-corrected chi connectivity index (χ4v) is 1.80. The Balaban J connectivity index is 1.84. The summed E-state index contributed by atoms with van der Waals surface area (Å²) in [7, 11) is 0. The van der Waals surface area contributed by atoms with Gasteiger partial charge in [0, 0.05) is 17.3 Å². The number of carboxylic acid groups (broad SMARTS) is 1. The summed E-state index contributed by atoms with van der Waals surface area (Å²) in [6, 6.07) is 6.32. The highest BCUT2D eigenvalue weighted by Crippen LogP contribution is 2.45. The highest BCUT2D eigenvalue weighted by Gasteiger charge is 2.50. The van der Waals surface area contributed by atoms with Crippen molar-refractivity contribution in [2.24, 2.45) is 5.41 Å². The van der Waals surface area contributed by atoms with Gasteiger partial charge in [0.2, 0.25) is 0 Å². The van der Waals surface area contributed by atoms with Gasteiger partial charge in [0.25, 0.3) is 0 Å². The zero-order chi connectivity index (χ0) is 13.2. The van der Waals surface area contributed by atoms with Crippen molar-refractivity contribution in [3.63, 3.8) is 0 Å². The SMILES string of the molecule is O=C(NCC1(C(=O)O)CC1)Nc1cccc(Cl)c1. The molecule has 1 aromatic carbocycles. The second-order valence-electron chi connectivity index (χ2n) is 4.40. The minimum atomic E-state index is -0.856. The van der Waals surface area contributed by atoms with Crippen LogP contribution in [0.5, 0.6) is 0 Å². The molecule has 18 heavy (non-hydrogen) atoms. The van der Waals surface area contributed by atoms with Gasteiger partial charge in [-0.05, 0) is 31.0 Å². The molecule has 1 aliphatic carbocycles. The van der Waals surface area contributed by atoms with E-state index in [-0.39, 0.29) is 6.54 Å². The van der Waals surface area contributed by atoms with Gasteiger partial charge in [-0.2, -0.15) is 0 Å². The smallest absolute Gasteiger partial charge is 0.319 e. The van der Waals surface area contributed by atoms with Crippen LogP contribution in [0.1, 0.15) is 12.8 Å². The summed E-state index contributed by atoms with van der Waals surface area (Å²) in [5.41, 5.74) is -0.189. The number of benzene rings is 1. The molecule has 0 radical (unpaired) electrons. The molecule has 0 aromatic heterocycles. The summed E-state index contributed by atoms with van der Waals surface area (Å²) in [6.45, 7) is 0.148. The van der Waals surface area contributed by atoms with Crippen molar-refractivity contribution >= 4 is 29.3 Å². The molecule has 96 valence electrons. The van der Waals surface area contributed by atoms with Crippen molar-refractivity contribution in [3.8, 4) is 0 Å². The molecule has 0 atom stereocenters. The van der Waals surface area contributed by atoms with E-state index in [1.165, 1.54) is 0 Å². The first-order valence-electron chi connectivity index (χ1n) is 5.56. The van der Waals surface area contributed by atoms with Crippen molar-refractivity contribution in [2.75, 3.05) is 11.9 Å². The van der Waals surface area contributed by atoms with Gasteiger partial charge in [-0.15, -0.1) is 0 Å².